The lowest BCUT2D eigenvalue weighted by Gasteiger charge is -2.44. The molecule has 32 heavy (non-hydrogen) atoms. The third-order valence-electron chi connectivity index (χ3n) is 7.00. The van der Waals surface area contributed by atoms with E-state index in [1.807, 2.05) is 13.8 Å². The number of rotatable bonds is 11. The van der Waals surface area contributed by atoms with Crippen molar-refractivity contribution >= 4 is 17.7 Å². The lowest BCUT2D eigenvalue weighted by Crippen LogP contribution is -2.65. The summed E-state index contributed by atoms with van der Waals surface area (Å²) >= 11 is 1.28. The predicted octanol–water partition coefficient (Wildman–Crippen LogP) is 0.873. The number of amides is 1. The fourth-order valence-electron chi connectivity index (χ4n) is 4.73. The summed E-state index contributed by atoms with van der Waals surface area (Å²) in [7, 11) is 0. The fourth-order valence-corrected chi connectivity index (χ4v) is 5.40. The Kier molecular flexibility index (Phi) is 10.1. The van der Waals surface area contributed by atoms with Gasteiger partial charge >= 0.3 is 0 Å². The first-order chi connectivity index (χ1) is 15.3. The minimum Gasteiger partial charge on any atom is -0.388 e. The molecule has 1 saturated carbocycles. The number of thioether (sulfide) groups is 1. The van der Waals surface area contributed by atoms with E-state index in [1.165, 1.54) is 24.6 Å². The Hall–Kier alpha value is -0.420. The molecule has 0 unspecified atom stereocenters. The van der Waals surface area contributed by atoms with Crippen molar-refractivity contribution < 1.29 is 29.6 Å². The van der Waals surface area contributed by atoms with E-state index >= 15 is 0 Å². The SMILES string of the molecule is CS[C@H]1O[C@H]([C@H](NC(=O)[C@@H]2C[C@H](CCCOCC3CC3)CCN2)C(C)C)[C@H](O)[C@H](O)[C@H]1O. The Balaban J connectivity index is 1.50. The molecule has 3 rings (SSSR count). The van der Waals surface area contributed by atoms with E-state index in [0.29, 0.717) is 5.92 Å². The zero-order valence-corrected chi connectivity index (χ0v) is 20.4. The molecule has 9 heteroatoms. The molecule has 3 fully saturated rings. The molecule has 8 nitrogen and oxygen atoms in total. The molecule has 1 amide bonds. The standard InChI is InChI=1S/C23H42N2O6S/c1-13(2)17(21-19(27)18(26)20(28)23(31-21)32-3)25-22(29)16-11-14(8-9-24-16)5-4-10-30-12-15-6-7-15/h13-21,23-24,26-28H,4-12H2,1-3H3,(H,25,29)/t14-,16+,17-,18+,19-,20-,21-,23-/m1/s1. The number of carbonyl (C=O) groups excluding carboxylic acids is 1. The summed E-state index contributed by atoms with van der Waals surface area (Å²) in [5.41, 5.74) is -0.657. The normalized spacial score (nSPS) is 36.8. The van der Waals surface area contributed by atoms with Gasteiger partial charge < -0.3 is 35.4 Å². The highest BCUT2D eigenvalue weighted by Gasteiger charge is 2.47. The molecular weight excluding hydrogens is 432 g/mol. The molecular formula is C23H42N2O6S. The van der Waals surface area contributed by atoms with Gasteiger partial charge in [0.05, 0.1) is 12.1 Å². The van der Waals surface area contributed by atoms with Gasteiger partial charge in [0.15, 0.2) is 0 Å². The number of aliphatic hydroxyl groups is 3. The van der Waals surface area contributed by atoms with Crippen molar-refractivity contribution in [2.45, 2.75) is 94.3 Å². The molecule has 8 atom stereocenters. The smallest absolute Gasteiger partial charge is 0.237 e. The van der Waals surface area contributed by atoms with Crippen molar-refractivity contribution in [1.29, 1.82) is 0 Å². The fraction of sp³-hybridized carbons (Fsp3) is 0.957. The monoisotopic (exact) mass is 474 g/mol. The predicted molar refractivity (Wildman–Crippen MR) is 124 cm³/mol. The zero-order valence-electron chi connectivity index (χ0n) is 19.6. The Morgan fingerprint density at radius 1 is 1.16 bits per heavy atom. The minimum absolute atomic E-state index is 0.0217. The second-order valence-electron chi connectivity index (χ2n) is 10.0. The summed E-state index contributed by atoms with van der Waals surface area (Å²) < 4.78 is 11.7. The quantitative estimate of drug-likeness (QED) is 0.280. The Morgan fingerprint density at radius 3 is 2.56 bits per heavy atom. The number of carbonyl (C=O) groups is 1. The van der Waals surface area contributed by atoms with Crippen molar-refractivity contribution in [2.75, 3.05) is 26.0 Å². The van der Waals surface area contributed by atoms with Gasteiger partial charge in [-0.2, -0.15) is 0 Å². The molecule has 0 radical (unpaired) electrons. The van der Waals surface area contributed by atoms with Crippen LogP contribution in [0, 0.1) is 17.8 Å². The van der Waals surface area contributed by atoms with Gasteiger partial charge in [-0.25, -0.2) is 0 Å². The number of hydrogen-bond donors (Lipinski definition) is 5. The highest BCUT2D eigenvalue weighted by atomic mass is 32.2. The molecule has 5 N–H and O–H groups in total. The summed E-state index contributed by atoms with van der Waals surface area (Å²) in [6, 6.07) is -0.762. The molecule has 2 heterocycles. The lowest BCUT2D eigenvalue weighted by molar-refractivity contribution is -0.208. The summed E-state index contributed by atoms with van der Waals surface area (Å²) in [5.74, 6) is 1.16. The average Bonchev–Trinajstić information content (AvgIpc) is 3.60. The third kappa shape index (κ3) is 7.04. The average molecular weight is 475 g/mol. The molecule has 186 valence electrons. The van der Waals surface area contributed by atoms with Crippen LogP contribution in [0.3, 0.4) is 0 Å². The van der Waals surface area contributed by atoms with Gasteiger partial charge in [0.25, 0.3) is 0 Å². The lowest BCUT2D eigenvalue weighted by atomic mass is 9.86. The topological polar surface area (TPSA) is 120 Å². The van der Waals surface area contributed by atoms with Crippen LogP contribution in [-0.2, 0) is 14.3 Å². The van der Waals surface area contributed by atoms with E-state index < -0.39 is 35.9 Å². The van der Waals surface area contributed by atoms with Crippen LogP contribution in [0.5, 0.6) is 0 Å². The maximum Gasteiger partial charge on any atom is 0.237 e. The summed E-state index contributed by atoms with van der Waals surface area (Å²) in [4.78, 5) is 13.1. The van der Waals surface area contributed by atoms with E-state index in [9.17, 15) is 20.1 Å². The van der Waals surface area contributed by atoms with Crippen LogP contribution >= 0.6 is 11.8 Å². The molecule has 2 saturated heterocycles. The molecule has 0 aromatic heterocycles. The molecule has 0 aromatic carbocycles. The van der Waals surface area contributed by atoms with E-state index in [2.05, 4.69) is 10.6 Å². The van der Waals surface area contributed by atoms with Crippen molar-refractivity contribution in [3.05, 3.63) is 0 Å². The van der Waals surface area contributed by atoms with Crippen LogP contribution < -0.4 is 10.6 Å². The van der Waals surface area contributed by atoms with E-state index in [0.717, 1.165) is 51.4 Å². The second kappa shape index (κ2) is 12.3. The van der Waals surface area contributed by atoms with Crippen LogP contribution in [0.2, 0.25) is 0 Å². The molecule has 0 bridgehead atoms. The van der Waals surface area contributed by atoms with Crippen LogP contribution in [0.15, 0.2) is 0 Å². The molecule has 2 aliphatic heterocycles. The Labute approximate surface area is 196 Å². The second-order valence-corrected chi connectivity index (χ2v) is 10.9. The van der Waals surface area contributed by atoms with Crippen LogP contribution in [0.25, 0.3) is 0 Å². The Morgan fingerprint density at radius 2 is 1.91 bits per heavy atom. The molecule has 3 aliphatic rings. The largest absolute Gasteiger partial charge is 0.388 e. The van der Waals surface area contributed by atoms with Crippen LogP contribution in [0.1, 0.15) is 52.4 Å². The van der Waals surface area contributed by atoms with Crippen LogP contribution in [-0.4, -0.2) is 89.2 Å². The first-order valence-corrected chi connectivity index (χ1v) is 13.4. The summed E-state index contributed by atoms with van der Waals surface area (Å²) in [6.45, 7) is 6.40. The highest BCUT2D eigenvalue weighted by Crippen LogP contribution is 2.31. The van der Waals surface area contributed by atoms with Gasteiger partial charge in [-0.05, 0) is 69.1 Å². The van der Waals surface area contributed by atoms with Gasteiger partial charge in [0.1, 0.15) is 29.9 Å². The summed E-state index contributed by atoms with van der Waals surface area (Å²) in [5, 5.41) is 37.4. The number of nitrogens with one attached hydrogen (secondary N) is 2. The Bertz CT molecular complexity index is 591. The molecule has 1 aliphatic carbocycles. The van der Waals surface area contributed by atoms with E-state index in [-0.39, 0.29) is 17.9 Å². The van der Waals surface area contributed by atoms with Crippen molar-refractivity contribution in [3.63, 3.8) is 0 Å². The van der Waals surface area contributed by atoms with Gasteiger partial charge in [-0.1, -0.05) is 13.8 Å². The number of hydrogen-bond acceptors (Lipinski definition) is 8. The first kappa shape index (κ1) is 26.2. The van der Waals surface area contributed by atoms with Crippen molar-refractivity contribution in [3.8, 4) is 0 Å². The third-order valence-corrected chi connectivity index (χ3v) is 7.85. The van der Waals surface area contributed by atoms with Crippen LogP contribution in [0.4, 0.5) is 0 Å². The van der Waals surface area contributed by atoms with E-state index in [1.54, 1.807) is 6.26 Å². The maximum atomic E-state index is 13.1. The number of piperidine rings is 1. The maximum absolute atomic E-state index is 13.1. The van der Waals surface area contributed by atoms with Gasteiger partial charge in [-0.3, -0.25) is 4.79 Å². The molecule has 0 aromatic rings. The van der Waals surface area contributed by atoms with Crippen molar-refractivity contribution in [2.24, 2.45) is 17.8 Å². The van der Waals surface area contributed by atoms with Crippen molar-refractivity contribution in [1.82, 2.24) is 10.6 Å². The summed E-state index contributed by atoms with van der Waals surface area (Å²) in [6.07, 6.45) is 3.77. The number of ether oxygens (including phenoxy) is 2. The first-order valence-electron chi connectivity index (χ1n) is 12.2. The minimum atomic E-state index is -1.32. The number of aliphatic hydroxyl groups excluding tert-OH is 3. The van der Waals surface area contributed by atoms with Gasteiger partial charge in [0.2, 0.25) is 5.91 Å². The van der Waals surface area contributed by atoms with E-state index in [4.69, 9.17) is 9.47 Å². The van der Waals surface area contributed by atoms with Gasteiger partial charge in [0, 0.05) is 13.2 Å². The molecule has 0 spiro atoms. The van der Waals surface area contributed by atoms with Gasteiger partial charge in [-0.15, -0.1) is 11.8 Å². The highest BCUT2D eigenvalue weighted by molar-refractivity contribution is 7.99. The zero-order chi connectivity index (χ0) is 23.3.